The second-order valence-electron chi connectivity index (χ2n) is 12.8. The molecule has 0 radical (unpaired) electrons. The van der Waals surface area contributed by atoms with Gasteiger partial charge < -0.3 is 15.2 Å². The number of hydrogen-bond acceptors (Lipinski definition) is 3. The molecule has 2 atom stereocenters. The second-order valence-corrected chi connectivity index (χ2v) is 12.8. The van der Waals surface area contributed by atoms with Crippen LogP contribution in [0.5, 0.6) is 0 Å². The molecule has 0 bridgehead atoms. The number of aliphatic imine (C=N–C) groups is 1. The van der Waals surface area contributed by atoms with Gasteiger partial charge in [0.2, 0.25) is 6.29 Å². The van der Waals surface area contributed by atoms with Crippen molar-refractivity contribution in [3.8, 4) is 11.1 Å². The number of hydrogen-bond donors (Lipinski definition) is 2. The number of benzene rings is 6. The van der Waals surface area contributed by atoms with Gasteiger partial charge in [-0.1, -0.05) is 146 Å². The molecule has 2 unspecified atom stereocenters. The van der Waals surface area contributed by atoms with Gasteiger partial charge in [-0.15, -0.1) is 0 Å². The largest absolute Gasteiger partial charge is 0.373 e. The minimum atomic E-state index is -0.382. The van der Waals surface area contributed by atoms with Crippen molar-refractivity contribution in [3.05, 3.63) is 192 Å². The summed E-state index contributed by atoms with van der Waals surface area (Å²) in [7, 11) is 0. The predicted molar refractivity (Wildman–Crippen MR) is 205 cm³/mol. The van der Waals surface area contributed by atoms with E-state index in [0.29, 0.717) is 0 Å². The zero-order chi connectivity index (χ0) is 32.3. The lowest BCUT2D eigenvalue weighted by atomic mass is 9.87. The van der Waals surface area contributed by atoms with Crippen LogP contribution in [0.15, 0.2) is 186 Å². The van der Waals surface area contributed by atoms with E-state index in [1.165, 1.54) is 49.4 Å². The van der Waals surface area contributed by atoms with Gasteiger partial charge >= 0.3 is 0 Å². The Morgan fingerprint density at radius 1 is 0.592 bits per heavy atom. The third kappa shape index (κ3) is 4.49. The molecule has 4 heteroatoms. The van der Waals surface area contributed by atoms with Crippen LogP contribution in [-0.2, 0) is 0 Å². The number of dihydropyridines is 1. The van der Waals surface area contributed by atoms with Crippen molar-refractivity contribution in [1.82, 2.24) is 9.88 Å². The minimum Gasteiger partial charge on any atom is -0.373 e. The summed E-state index contributed by atoms with van der Waals surface area (Å²) in [6.07, 6.45) is 10.6. The number of allylic oxidation sites excluding steroid dienone is 5. The van der Waals surface area contributed by atoms with Gasteiger partial charge in [0.1, 0.15) is 0 Å². The Morgan fingerprint density at radius 2 is 1.37 bits per heavy atom. The summed E-state index contributed by atoms with van der Waals surface area (Å²) in [6.45, 7) is 0. The molecule has 2 N–H and O–H groups in total. The topological polar surface area (TPSA) is 41.4 Å². The van der Waals surface area contributed by atoms with Crippen molar-refractivity contribution in [3.63, 3.8) is 0 Å². The van der Waals surface area contributed by atoms with E-state index in [-0.39, 0.29) is 12.3 Å². The molecule has 49 heavy (non-hydrogen) atoms. The van der Waals surface area contributed by atoms with Crippen LogP contribution >= 0.6 is 0 Å². The summed E-state index contributed by atoms with van der Waals surface area (Å²) < 4.78 is 2.39. The lowest BCUT2D eigenvalue weighted by Gasteiger charge is -2.33. The van der Waals surface area contributed by atoms with Gasteiger partial charge in [0.05, 0.1) is 28.5 Å². The van der Waals surface area contributed by atoms with Gasteiger partial charge in [0.15, 0.2) is 0 Å². The number of nitrogens with zero attached hydrogens (tertiary/aromatic N) is 2. The Bertz CT molecular complexity index is 2600. The fourth-order valence-electron chi connectivity index (χ4n) is 7.77. The van der Waals surface area contributed by atoms with Gasteiger partial charge in [-0.3, -0.25) is 0 Å². The number of fused-ring (bicyclic) bond motifs is 7. The third-order valence-corrected chi connectivity index (χ3v) is 10.0. The van der Waals surface area contributed by atoms with Gasteiger partial charge in [-0.2, -0.15) is 0 Å². The highest BCUT2D eigenvalue weighted by atomic mass is 15.3. The SMILES string of the molecule is C1=CC2=C(c3ccccc3)C=C(C3=NC(n4c5cc(-c6ccccc6)ccc5c5c6ccccc6ccc54)Nc4ccccc43)NC2C=C1. The molecule has 1 aliphatic carbocycles. The van der Waals surface area contributed by atoms with Gasteiger partial charge in [0.25, 0.3) is 0 Å². The summed E-state index contributed by atoms with van der Waals surface area (Å²) in [5.41, 5.74) is 12.5. The van der Waals surface area contributed by atoms with E-state index >= 15 is 0 Å². The van der Waals surface area contributed by atoms with Crippen molar-refractivity contribution in [2.45, 2.75) is 12.3 Å². The molecule has 4 nitrogen and oxygen atoms in total. The maximum Gasteiger partial charge on any atom is 0.201 e. The highest BCUT2D eigenvalue weighted by Crippen LogP contribution is 2.41. The first-order chi connectivity index (χ1) is 24.3. The summed E-state index contributed by atoms with van der Waals surface area (Å²) in [5.74, 6) is 0. The maximum absolute atomic E-state index is 5.61. The van der Waals surface area contributed by atoms with Crippen LogP contribution in [0.1, 0.15) is 17.4 Å². The molecule has 7 aromatic rings. The Labute approximate surface area is 284 Å². The van der Waals surface area contributed by atoms with Crippen LogP contribution in [0.4, 0.5) is 5.69 Å². The Kier molecular flexibility index (Phi) is 6.28. The van der Waals surface area contributed by atoms with Crippen LogP contribution in [0.25, 0.3) is 49.3 Å². The molecule has 0 fully saturated rings. The zero-order valence-corrected chi connectivity index (χ0v) is 26.7. The monoisotopic (exact) mass is 628 g/mol. The summed E-state index contributed by atoms with van der Waals surface area (Å²) in [6, 6.07) is 50.0. The first-order valence-electron chi connectivity index (χ1n) is 16.9. The van der Waals surface area contributed by atoms with Gasteiger partial charge in [0, 0.05) is 22.0 Å². The fraction of sp³-hybridized carbons (Fsp3) is 0.0444. The molecule has 10 rings (SSSR count). The first-order valence-corrected chi connectivity index (χ1v) is 16.9. The standard InChI is InChI=1S/C45H32N4/c1-3-13-29(14-4-1)32-23-25-36-42(27-32)49(41-26-24-31-17-7-8-18-33(31)43(36)41)45-47-39-22-12-10-20-35(39)44(48-45)40-28-37(30-15-5-2-6-16-30)34-19-9-11-21-38(34)46-40/h1-28,38,45-47H. The van der Waals surface area contributed by atoms with Crippen molar-refractivity contribution in [2.75, 3.05) is 5.32 Å². The molecular weight excluding hydrogens is 597 g/mol. The predicted octanol–water partition coefficient (Wildman–Crippen LogP) is 10.4. The highest BCUT2D eigenvalue weighted by Gasteiger charge is 2.30. The molecule has 0 saturated heterocycles. The number of para-hydroxylation sites is 1. The van der Waals surface area contributed by atoms with E-state index in [9.17, 15) is 0 Å². The number of nitrogens with one attached hydrogen (secondary N) is 2. The van der Waals surface area contributed by atoms with Crippen molar-refractivity contribution in [2.24, 2.45) is 4.99 Å². The Balaban J connectivity index is 1.22. The Morgan fingerprint density at radius 3 is 2.24 bits per heavy atom. The summed E-state index contributed by atoms with van der Waals surface area (Å²) in [5, 5.41) is 12.6. The Hall–Kier alpha value is -6.39. The normalized spacial score (nSPS) is 18.1. The molecule has 232 valence electrons. The molecule has 3 heterocycles. The van der Waals surface area contributed by atoms with Crippen LogP contribution < -0.4 is 10.6 Å². The molecule has 6 aromatic carbocycles. The van der Waals surface area contributed by atoms with Crippen molar-refractivity contribution >= 4 is 49.6 Å². The average molecular weight is 629 g/mol. The molecule has 0 amide bonds. The van der Waals surface area contributed by atoms with Crippen LogP contribution in [-0.4, -0.2) is 16.3 Å². The first kappa shape index (κ1) is 27.7. The average Bonchev–Trinajstić information content (AvgIpc) is 3.52. The lowest BCUT2D eigenvalue weighted by molar-refractivity contribution is 0.622. The maximum atomic E-state index is 5.61. The fourth-order valence-corrected chi connectivity index (χ4v) is 7.77. The zero-order valence-electron chi connectivity index (χ0n) is 26.7. The van der Waals surface area contributed by atoms with E-state index in [4.69, 9.17) is 4.99 Å². The quantitative estimate of drug-likeness (QED) is 0.204. The third-order valence-electron chi connectivity index (χ3n) is 10.0. The highest BCUT2D eigenvalue weighted by molar-refractivity contribution is 6.22. The van der Waals surface area contributed by atoms with E-state index in [1.54, 1.807) is 0 Å². The molecule has 1 aromatic heterocycles. The van der Waals surface area contributed by atoms with Crippen LogP contribution in [0.2, 0.25) is 0 Å². The molecule has 3 aliphatic rings. The van der Waals surface area contributed by atoms with Gasteiger partial charge in [-0.05, 0) is 62.9 Å². The summed E-state index contributed by atoms with van der Waals surface area (Å²) >= 11 is 0. The number of rotatable bonds is 4. The summed E-state index contributed by atoms with van der Waals surface area (Å²) in [4.78, 5) is 5.61. The number of anilines is 1. The lowest BCUT2D eigenvalue weighted by Crippen LogP contribution is -2.37. The molecule has 2 aliphatic heterocycles. The molecule has 0 spiro atoms. The van der Waals surface area contributed by atoms with E-state index in [1.807, 2.05) is 0 Å². The van der Waals surface area contributed by atoms with E-state index in [2.05, 4.69) is 185 Å². The van der Waals surface area contributed by atoms with Crippen molar-refractivity contribution in [1.29, 1.82) is 0 Å². The smallest absolute Gasteiger partial charge is 0.201 e. The molecular formula is C45H32N4. The van der Waals surface area contributed by atoms with E-state index in [0.717, 1.165) is 33.7 Å². The number of aromatic nitrogens is 1. The van der Waals surface area contributed by atoms with E-state index < -0.39 is 0 Å². The van der Waals surface area contributed by atoms with Crippen LogP contribution in [0, 0.1) is 0 Å². The second kappa shape index (κ2) is 11.1. The van der Waals surface area contributed by atoms with Crippen molar-refractivity contribution < 1.29 is 0 Å². The van der Waals surface area contributed by atoms with Crippen LogP contribution in [0.3, 0.4) is 0 Å². The minimum absolute atomic E-state index is 0.0523. The van der Waals surface area contributed by atoms with Gasteiger partial charge in [-0.25, -0.2) is 4.99 Å². The molecule has 0 saturated carbocycles.